The molecular weight excluding hydrogens is 323 g/mol. The minimum absolute atomic E-state index is 0.0504. The van der Waals surface area contributed by atoms with Gasteiger partial charge in [-0.3, -0.25) is 9.59 Å². The van der Waals surface area contributed by atoms with Crippen LogP contribution in [0, 0.1) is 11.8 Å². The van der Waals surface area contributed by atoms with E-state index < -0.39 is 17.9 Å². The third-order valence-corrected chi connectivity index (χ3v) is 4.76. The van der Waals surface area contributed by atoms with Gasteiger partial charge in [0.15, 0.2) is 0 Å². The molecule has 1 aliphatic rings. The first-order chi connectivity index (χ1) is 12.0. The van der Waals surface area contributed by atoms with Gasteiger partial charge in [0.2, 0.25) is 0 Å². The monoisotopic (exact) mass is 354 g/mol. The van der Waals surface area contributed by atoms with Gasteiger partial charge in [-0.15, -0.1) is 0 Å². The fraction of sp³-hybridized carbons (Fsp3) is 0.700. The first-order valence-electron chi connectivity index (χ1n) is 9.42. The van der Waals surface area contributed by atoms with Crippen molar-refractivity contribution in [2.75, 3.05) is 0 Å². The minimum Gasteiger partial charge on any atom is -0.481 e. The number of rotatable bonds is 12. The maximum atomic E-state index is 13.7. The lowest BCUT2D eigenvalue weighted by atomic mass is 9.89. The summed E-state index contributed by atoms with van der Waals surface area (Å²) in [5.74, 6) is -1.03. The van der Waals surface area contributed by atoms with Crippen LogP contribution in [0.2, 0.25) is 0 Å². The Morgan fingerprint density at radius 2 is 2.04 bits per heavy atom. The number of carboxylic acid groups (broad SMARTS) is 1. The van der Waals surface area contributed by atoms with Crippen LogP contribution in [0.25, 0.3) is 0 Å². The predicted octanol–water partition coefficient (Wildman–Crippen LogP) is 4.58. The average Bonchev–Trinajstić information content (AvgIpc) is 2.93. The molecule has 1 rings (SSSR count). The van der Waals surface area contributed by atoms with Crippen LogP contribution in [0.15, 0.2) is 24.1 Å². The number of hydrogen-bond donors (Lipinski definition) is 2. The number of aliphatic hydroxyl groups is 1. The highest BCUT2D eigenvalue weighted by molar-refractivity contribution is 5.83. The SMILES string of the molecule is CCC/C=C(\F)[C@H](O)/C=C/[C@H]1CCC(=O)[C@@H]1CCCCCCC(=O)O. The van der Waals surface area contributed by atoms with Crippen molar-refractivity contribution >= 4 is 11.8 Å². The quantitative estimate of drug-likeness (QED) is 0.397. The van der Waals surface area contributed by atoms with E-state index in [4.69, 9.17) is 5.11 Å². The largest absolute Gasteiger partial charge is 0.481 e. The van der Waals surface area contributed by atoms with E-state index in [0.717, 1.165) is 38.5 Å². The summed E-state index contributed by atoms with van der Waals surface area (Å²) in [5.41, 5.74) is 0. The van der Waals surface area contributed by atoms with Gasteiger partial charge < -0.3 is 10.2 Å². The van der Waals surface area contributed by atoms with Crippen LogP contribution in [0.4, 0.5) is 4.39 Å². The summed E-state index contributed by atoms with van der Waals surface area (Å²) in [6.07, 6.45) is 10.5. The fourth-order valence-electron chi connectivity index (χ4n) is 3.28. The van der Waals surface area contributed by atoms with E-state index in [1.807, 2.05) is 6.92 Å². The van der Waals surface area contributed by atoms with Crippen LogP contribution in [0.1, 0.15) is 71.1 Å². The molecule has 1 fully saturated rings. The highest BCUT2D eigenvalue weighted by atomic mass is 19.1. The Morgan fingerprint density at radius 1 is 1.32 bits per heavy atom. The Kier molecular flexibility index (Phi) is 10.3. The third kappa shape index (κ3) is 8.43. The topological polar surface area (TPSA) is 74.6 Å². The molecule has 1 aliphatic carbocycles. The van der Waals surface area contributed by atoms with Crippen LogP contribution < -0.4 is 0 Å². The summed E-state index contributed by atoms with van der Waals surface area (Å²) < 4.78 is 13.7. The van der Waals surface area contributed by atoms with E-state index in [0.29, 0.717) is 19.3 Å². The number of aliphatic carboxylic acids is 1. The standard InChI is InChI=1S/C20H31FO4/c1-2-3-9-17(21)19(23)14-12-15-11-13-18(22)16(15)8-6-4-5-7-10-20(24)25/h9,12,14-16,19,23H,2-8,10-11,13H2,1H3,(H,24,25)/b14-12+,17-9-/t15-,16-,19-/m1/s1. The molecule has 0 aromatic carbocycles. The van der Waals surface area contributed by atoms with Crippen molar-refractivity contribution in [2.45, 2.75) is 77.2 Å². The molecule has 3 atom stereocenters. The van der Waals surface area contributed by atoms with Gasteiger partial charge >= 0.3 is 5.97 Å². The van der Waals surface area contributed by atoms with Crippen molar-refractivity contribution in [1.29, 1.82) is 0 Å². The maximum Gasteiger partial charge on any atom is 0.303 e. The van der Waals surface area contributed by atoms with Gasteiger partial charge in [-0.05, 0) is 37.7 Å². The zero-order valence-corrected chi connectivity index (χ0v) is 15.1. The smallest absolute Gasteiger partial charge is 0.303 e. The second-order valence-electron chi connectivity index (χ2n) is 6.83. The molecule has 0 unspecified atom stereocenters. The lowest BCUT2D eigenvalue weighted by molar-refractivity contribution is -0.137. The first kappa shape index (κ1) is 21.6. The summed E-state index contributed by atoms with van der Waals surface area (Å²) in [4.78, 5) is 22.5. The molecule has 0 amide bonds. The summed E-state index contributed by atoms with van der Waals surface area (Å²) in [5, 5.41) is 18.4. The van der Waals surface area contributed by atoms with Gasteiger partial charge in [-0.2, -0.15) is 0 Å². The van der Waals surface area contributed by atoms with Crippen LogP contribution in [-0.4, -0.2) is 28.1 Å². The fourth-order valence-corrected chi connectivity index (χ4v) is 3.28. The molecule has 2 N–H and O–H groups in total. The molecule has 0 bridgehead atoms. The van der Waals surface area contributed by atoms with Crippen LogP contribution in [0.3, 0.4) is 0 Å². The van der Waals surface area contributed by atoms with Gasteiger partial charge in [0.25, 0.3) is 0 Å². The number of carboxylic acids is 1. The molecule has 142 valence electrons. The zero-order valence-electron chi connectivity index (χ0n) is 15.1. The number of halogens is 1. The van der Waals surface area contributed by atoms with Crippen molar-refractivity contribution in [3.05, 3.63) is 24.1 Å². The van der Waals surface area contributed by atoms with Crippen LogP contribution >= 0.6 is 0 Å². The van der Waals surface area contributed by atoms with E-state index in [1.165, 1.54) is 12.2 Å². The average molecular weight is 354 g/mol. The number of ketones is 1. The Morgan fingerprint density at radius 3 is 2.72 bits per heavy atom. The summed E-state index contributed by atoms with van der Waals surface area (Å²) >= 11 is 0. The van der Waals surface area contributed by atoms with Gasteiger partial charge in [0.1, 0.15) is 17.7 Å². The highest BCUT2D eigenvalue weighted by Gasteiger charge is 2.32. The van der Waals surface area contributed by atoms with E-state index in [-0.39, 0.29) is 24.0 Å². The third-order valence-electron chi connectivity index (χ3n) is 4.76. The van der Waals surface area contributed by atoms with E-state index in [9.17, 15) is 19.1 Å². The molecule has 0 heterocycles. The van der Waals surface area contributed by atoms with Gasteiger partial charge in [-0.25, -0.2) is 4.39 Å². The molecule has 0 spiro atoms. The Balaban J connectivity index is 2.41. The lowest BCUT2D eigenvalue weighted by Crippen LogP contribution is -2.14. The van der Waals surface area contributed by atoms with Crippen LogP contribution in [0.5, 0.6) is 0 Å². The second-order valence-corrected chi connectivity index (χ2v) is 6.83. The minimum atomic E-state index is -1.22. The van der Waals surface area contributed by atoms with Gasteiger partial charge in [0, 0.05) is 18.8 Å². The van der Waals surface area contributed by atoms with Gasteiger partial charge in [-0.1, -0.05) is 44.8 Å². The molecule has 0 aromatic heterocycles. The van der Waals surface area contributed by atoms with Crippen molar-refractivity contribution < 1.29 is 24.2 Å². The van der Waals surface area contributed by atoms with Crippen molar-refractivity contribution in [3.63, 3.8) is 0 Å². The highest BCUT2D eigenvalue weighted by Crippen LogP contribution is 2.34. The molecule has 25 heavy (non-hydrogen) atoms. The number of aliphatic hydroxyl groups excluding tert-OH is 1. The Labute approximate surface area is 149 Å². The number of carbonyl (C=O) groups is 2. The molecule has 0 saturated heterocycles. The normalized spacial score (nSPS) is 22.7. The van der Waals surface area contributed by atoms with Crippen molar-refractivity contribution in [2.24, 2.45) is 11.8 Å². The maximum absolute atomic E-state index is 13.7. The number of hydrogen-bond acceptors (Lipinski definition) is 3. The predicted molar refractivity (Wildman–Crippen MR) is 95.8 cm³/mol. The molecule has 1 saturated carbocycles. The summed E-state index contributed by atoms with van der Waals surface area (Å²) in [6.45, 7) is 1.95. The number of allylic oxidation sites excluding steroid dienone is 2. The number of carbonyl (C=O) groups excluding carboxylic acids is 1. The van der Waals surface area contributed by atoms with Gasteiger partial charge in [0.05, 0.1) is 0 Å². The molecule has 4 nitrogen and oxygen atoms in total. The molecule has 0 aromatic rings. The molecule has 5 heteroatoms. The summed E-state index contributed by atoms with van der Waals surface area (Å²) in [6, 6.07) is 0. The summed E-state index contributed by atoms with van der Waals surface area (Å²) in [7, 11) is 0. The van der Waals surface area contributed by atoms with Crippen molar-refractivity contribution in [1.82, 2.24) is 0 Å². The molecular formula is C20H31FO4. The van der Waals surface area contributed by atoms with Crippen molar-refractivity contribution in [3.8, 4) is 0 Å². The molecule has 0 aliphatic heterocycles. The zero-order chi connectivity index (χ0) is 18.7. The van der Waals surface area contributed by atoms with Crippen LogP contribution in [-0.2, 0) is 9.59 Å². The van der Waals surface area contributed by atoms with E-state index >= 15 is 0 Å². The molecule has 0 radical (unpaired) electrons. The number of Topliss-reactive ketones (excluding diaryl/α,β-unsaturated/α-hetero) is 1. The second kappa shape index (κ2) is 12.0. The van der Waals surface area contributed by atoms with E-state index in [2.05, 4.69) is 0 Å². The Bertz CT molecular complexity index is 484. The Hall–Kier alpha value is -1.49. The lowest BCUT2D eigenvalue weighted by Gasteiger charge is -2.15. The first-order valence-corrected chi connectivity index (χ1v) is 9.42. The number of unbranched alkanes of at least 4 members (excludes halogenated alkanes) is 4. The van der Waals surface area contributed by atoms with E-state index in [1.54, 1.807) is 6.08 Å².